The minimum absolute atomic E-state index is 0.240. The number of benzene rings is 1. The van der Waals surface area contributed by atoms with Crippen LogP contribution < -0.4 is 14.4 Å². The number of carbonyl (C=O) groups excluding carboxylic acids is 1. The van der Waals surface area contributed by atoms with Gasteiger partial charge in [-0.15, -0.1) is 0 Å². The molecule has 96 valence electrons. The van der Waals surface area contributed by atoms with Gasteiger partial charge in [0.2, 0.25) is 0 Å². The van der Waals surface area contributed by atoms with Crippen molar-refractivity contribution < 1.29 is 13.9 Å². The van der Waals surface area contributed by atoms with E-state index in [0.717, 1.165) is 0 Å². The molecule has 0 atom stereocenters. The van der Waals surface area contributed by atoms with E-state index in [-0.39, 0.29) is 17.4 Å². The third-order valence-electron chi connectivity index (χ3n) is 2.35. The molecule has 1 amide bonds. The van der Waals surface area contributed by atoms with Crippen LogP contribution in [0, 0.1) is 5.82 Å². The summed E-state index contributed by atoms with van der Waals surface area (Å²) in [6, 6.07) is 7.63. The van der Waals surface area contributed by atoms with Gasteiger partial charge in [-0.1, -0.05) is 0 Å². The molecule has 0 aliphatic heterocycles. The third kappa shape index (κ3) is 3.32. The summed E-state index contributed by atoms with van der Waals surface area (Å²) in [5.74, 6) is 0.114. The first kappa shape index (κ1) is 13.6. The van der Waals surface area contributed by atoms with Gasteiger partial charge in [0.1, 0.15) is 0 Å². The Bertz CT molecular complexity index is 619. The van der Waals surface area contributed by atoms with Gasteiger partial charge in [0, 0.05) is 0 Å². The maximum absolute atomic E-state index is 13.4. The van der Waals surface area contributed by atoms with Crippen LogP contribution in [0.3, 0.4) is 0 Å². The fourth-order valence-electron chi connectivity index (χ4n) is 1.41. The summed E-state index contributed by atoms with van der Waals surface area (Å²) in [5.41, 5.74) is 0.240. The molecule has 0 saturated carbocycles. The van der Waals surface area contributed by atoms with E-state index in [2.05, 4.69) is 27.2 Å². The van der Waals surface area contributed by atoms with Crippen LogP contribution in [-0.2, 0) is 0 Å². The zero-order chi connectivity index (χ0) is 13.8. The van der Waals surface area contributed by atoms with Crippen LogP contribution in [0.2, 0.25) is 0 Å². The first-order valence-electron chi connectivity index (χ1n) is 5.44. The van der Waals surface area contributed by atoms with Crippen molar-refractivity contribution in [3.8, 4) is 11.5 Å². The zero-order valence-electron chi connectivity index (χ0n) is 10.1. The molecule has 0 bridgehead atoms. The number of ether oxygens (including phenoxy) is 1. The van der Waals surface area contributed by atoms with Crippen molar-refractivity contribution >= 4 is 27.1 Å². The Morgan fingerprint density at radius 2 is 2.05 bits per heavy atom. The second kappa shape index (κ2) is 5.85. The van der Waals surface area contributed by atoms with E-state index in [1.54, 1.807) is 18.2 Å². The minimum atomic E-state index is -0.363. The normalized spacial score (nSPS) is 10.1. The fraction of sp³-hybridized carbons (Fsp3) is 0.0769. The van der Waals surface area contributed by atoms with Gasteiger partial charge in [0.15, 0.2) is 0 Å². The molecule has 6 heteroatoms. The summed E-state index contributed by atoms with van der Waals surface area (Å²) in [4.78, 5) is 15.3. The van der Waals surface area contributed by atoms with E-state index in [1.807, 2.05) is 0 Å². The molecule has 1 N–H and O–H groups in total. The van der Waals surface area contributed by atoms with Gasteiger partial charge in [-0.25, -0.2) is 0 Å². The number of nitrogens with one attached hydrogen (secondary N) is 1. The second-order valence-electron chi connectivity index (χ2n) is 3.67. The standard InChI is InChI=1S/C13H10AsFN2O2/c1-16-13(18)12-7-9(4-5-17-12)19-8-2-3-10(14)11(15)6-8/h2-7H,1H3,(H,16,18). The average Bonchev–Trinajstić information content (AvgIpc) is 2.42. The van der Waals surface area contributed by atoms with Crippen LogP contribution in [-0.4, -0.2) is 34.8 Å². The average molecular weight is 320 g/mol. The van der Waals surface area contributed by atoms with Gasteiger partial charge in [-0.05, 0) is 0 Å². The summed E-state index contributed by atoms with van der Waals surface area (Å²) in [7, 11) is 1.52. The first-order valence-corrected chi connectivity index (χ1v) is 6.38. The topological polar surface area (TPSA) is 51.2 Å². The van der Waals surface area contributed by atoms with E-state index < -0.39 is 0 Å². The summed E-state index contributed by atoms with van der Waals surface area (Å²) in [5, 5.41) is 2.47. The van der Waals surface area contributed by atoms with E-state index >= 15 is 0 Å². The van der Waals surface area contributed by atoms with Gasteiger partial charge in [-0.2, -0.15) is 0 Å². The van der Waals surface area contributed by atoms with Crippen LogP contribution in [0.5, 0.6) is 11.5 Å². The Hall–Kier alpha value is -1.87. The van der Waals surface area contributed by atoms with Crippen LogP contribution in [0.1, 0.15) is 10.5 Å². The molecule has 0 fully saturated rings. The SMILES string of the molecule is CNC(=O)c1cc(Oc2ccc([As])c(F)c2)ccn1. The van der Waals surface area contributed by atoms with Crippen molar-refractivity contribution in [2.75, 3.05) is 7.05 Å². The Kier molecular flexibility index (Phi) is 4.17. The maximum atomic E-state index is 13.4. The predicted octanol–water partition coefficient (Wildman–Crippen LogP) is 1.17. The number of nitrogens with zero attached hydrogens (tertiary/aromatic N) is 1. The van der Waals surface area contributed by atoms with Crippen LogP contribution in [0.25, 0.3) is 0 Å². The molecule has 2 aromatic rings. The van der Waals surface area contributed by atoms with Gasteiger partial charge in [0.05, 0.1) is 0 Å². The summed E-state index contributed by atoms with van der Waals surface area (Å²) in [6.07, 6.45) is 1.46. The van der Waals surface area contributed by atoms with Crippen molar-refractivity contribution in [3.63, 3.8) is 0 Å². The molecule has 1 aromatic heterocycles. The number of aromatic nitrogens is 1. The summed E-state index contributed by atoms with van der Waals surface area (Å²) >= 11 is 2.14. The van der Waals surface area contributed by atoms with E-state index in [1.165, 1.54) is 25.4 Å². The third-order valence-corrected chi connectivity index (χ3v) is 3.11. The quantitative estimate of drug-likeness (QED) is 0.864. The molecule has 1 aromatic carbocycles. The van der Waals surface area contributed by atoms with Crippen molar-refractivity contribution in [2.45, 2.75) is 0 Å². The van der Waals surface area contributed by atoms with Crippen molar-refractivity contribution in [3.05, 3.63) is 48.0 Å². The molecule has 0 aliphatic rings. The van der Waals surface area contributed by atoms with Gasteiger partial charge in [0.25, 0.3) is 0 Å². The molecule has 0 aliphatic carbocycles. The molecule has 1 heterocycles. The molecule has 0 unspecified atom stereocenters. The number of pyridine rings is 1. The Morgan fingerprint density at radius 3 is 2.74 bits per heavy atom. The molecule has 0 saturated heterocycles. The van der Waals surface area contributed by atoms with Crippen molar-refractivity contribution in [1.29, 1.82) is 0 Å². The number of rotatable bonds is 3. The number of amides is 1. The van der Waals surface area contributed by atoms with Crippen molar-refractivity contribution in [1.82, 2.24) is 10.3 Å². The molecule has 2 radical (unpaired) electrons. The zero-order valence-corrected chi connectivity index (χ0v) is 11.9. The number of carbonyl (C=O) groups is 1. The molecule has 2 rings (SSSR count). The van der Waals surface area contributed by atoms with Crippen molar-refractivity contribution in [2.24, 2.45) is 0 Å². The van der Waals surface area contributed by atoms with Crippen LogP contribution >= 0.6 is 0 Å². The molecular formula is C13H10AsFN2O2. The number of hydrogen-bond donors (Lipinski definition) is 1. The Balaban J connectivity index is 2.23. The number of hydrogen-bond acceptors (Lipinski definition) is 3. The molecular weight excluding hydrogens is 310 g/mol. The first-order chi connectivity index (χ1) is 9.10. The summed E-state index contributed by atoms with van der Waals surface area (Å²) in [6.45, 7) is 0. The number of halogens is 1. The van der Waals surface area contributed by atoms with E-state index in [4.69, 9.17) is 4.74 Å². The predicted molar refractivity (Wildman–Crippen MR) is 69.5 cm³/mol. The van der Waals surface area contributed by atoms with Crippen LogP contribution in [0.4, 0.5) is 4.39 Å². The summed E-state index contributed by atoms with van der Waals surface area (Å²) < 4.78 is 19.3. The van der Waals surface area contributed by atoms with Gasteiger partial charge >= 0.3 is 118 Å². The Labute approximate surface area is 118 Å². The van der Waals surface area contributed by atoms with Gasteiger partial charge < -0.3 is 0 Å². The molecule has 19 heavy (non-hydrogen) atoms. The van der Waals surface area contributed by atoms with E-state index in [0.29, 0.717) is 15.9 Å². The molecule has 0 spiro atoms. The second-order valence-corrected chi connectivity index (χ2v) is 4.68. The van der Waals surface area contributed by atoms with Gasteiger partial charge in [-0.3, -0.25) is 0 Å². The fourth-order valence-corrected chi connectivity index (χ4v) is 1.71. The van der Waals surface area contributed by atoms with Crippen LogP contribution in [0.15, 0.2) is 36.5 Å². The Morgan fingerprint density at radius 1 is 1.32 bits per heavy atom. The monoisotopic (exact) mass is 320 g/mol. The molecule has 4 nitrogen and oxygen atoms in total. The van der Waals surface area contributed by atoms with E-state index in [9.17, 15) is 9.18 Å².